The van der Waals surface area contributed by atoms with Gasteiger partial charge in [-0.15, -0.1) is 24.0 Å². The molecule has 0 aromatic carbocycles. The Morgan fingerprint density at radius 3 is 2.58 bits per heavy atom. The van der Waals surface area contributed by atoms with E-state index in [2.05, 4.69) is 31.0 Å². The van der Waals surface area contributed by atoms with Gasteiger partial charge in [0.25, 0.3) is 0 Å². The number of hydrogen-bond donors (Lipinski definition) is 1. The second kappa shape index (κ2) is 8.52. The molecule has 0 aromatic rings. The molecule has 2 saturated carbocycles. The second-order valence-corrected chi connectivity index (χ2v) is 8.95. The van der Waals surface area contributed by atoms with Crippen molar-refractivity contribution in [2.24, 2.45) is 22.2 Å². The van der Waals surface area contributed by atoms with Gasteiger partial charge in [0, 0.05) is 50.2 Å². The summed E-state index contributed by atoms with van der Waals surface area (Å²) in [5, 5.41) is 3.82. The summed E-state index contributed by atoms with van der Waals surface area (Å²) >= 11 is 0. The van der Waals surface area contributed by atoms with Gasteiger partial charge in [0.05, 0.1) is 12.2 Å². The van der Waals surface area contributed by atoms with Crippen molar-refractivity contribution in [1.29, 1.82) is 0 Å². The molecule has 2 aliphatic carbocycles. The smallest absolute Gasteiger partial charge is 0.194 e. The predicted octanol–water partition coefficient (Wildman–Crippen LogP) is 3.27. The molecule has 2 aliphatic heterocycles. The lowest BCUT2D eigenvalue weighted by Crippen LogP contribution is -2.68. The fourth-order valence-corrected chi connectivity index (χ4v) is 4.93. The minimum absolute atomic E-state index is 0. The second-order valence-electron chi connectivity index (χ2n) is 8.95. The molecule has 4 aliphatic rings. The Labute approximate surface area is 175 Å². The Bertz CT molecular complexity index is 501. The van der Waals surface area contributed by atoms with Crippen molar-refractivity contribution in [2.75, 3.05) is 32.8 Å². The zero-order valence-electron chi connectivity index (χ0n) is 16.6. The van der Waals surface area contributed by atoms with Crippen molar-refractivity contribution in [3.8, 4) is 0 Å². The number of hydrogen-bond acceptors (Lipinski definition) is 3. The van der Waals surface area contributed by atoms with Crippen LogP contribution in [0.4, 0.5) is 0 Å². The molecule has 6 heteroatoms. The summed E-state index contributed by atoms with van der Waals surface area (Å²) in [6.45, 7) is 11.6. The first kappa shape index (κ1) is 20.6. The van der Waals surface area contributed by atoms with Gasteiger partial charge in [-0.3, -0.25) is 4.99 Å². The van der Waals surface area contributed by atoms with E-state index in [4.69, 9.17) is 14.5 Å². The van der Waals surface area contributed by atoms with Crippen LogP contribution < -0.4 is 5.32 Å². The predicted molar refractivity (Wildman–Crippen MR) is 115 cm³/mol. The molecular weight excluding hydrogens is 441 g/mol. The fraction of sp³-hybridized carbons (Fsp3) is 0.950. The van der Waals surface area contributed by atoms with Crippen LogP contribution in [0.25, 0.3) is 0 Å². The lowest BCUT2D eigenvalue weighted by atomic mass is 9.57. The summed E-state index contributed by atoms with van der Waals surface area (Å²) in [6.07, 6.45) is 7.06. The molecule has 0 radical (unpaired) electrons. The van der Waals surface area contributed by atoms with E-state index >= 15 is 0 Å². The third kappa shape index (κ3) is 4.17. The molecule has 0 bridgehead atoms. The number of halogens is 1. The van der Waals surface area contributed by atoms with Gasteiger partial charge in [0.1, 0.15) is 0 Å². The summed E-state index contributed by atoms with van der Waals surface area (Å²) < 4.78 is 12.0. The lowest BCUT2D eigenvalue weighted by molar-refractivity contribution is -0.107. The molecular formula is C20H36IN3O2. The van der Waals surface area contributed by atoms with Gasteiger partial charge < -0.3 is 19.7 Å². The first-order valence-electron chi connectivity index (χ1n) is 10.4. The number of aliphatic imine (C=N–C) groups is 1. The van der Waals surface area contributed by atoms with E-state index in [1.165, 1.54) is 19.3 Å². The number of piperidine rings is 1. The van der Waals surface area contributed by atoms with Crippen molar-refractivity contribution in [3.05, 3.63) is 0 Å². The molecule has 5 nitrogen and oxygen atoms in total. The van der Waals surface area contributed by atoms with Crippen LogP contribution in [-0.2, 0) is 9.47 Å². The van der Waals surface area contributed by atoms with Crippen LogP contribution in [-0.4, -0.2) is 62.0 Å². The molecule has 0 spiro atoms. The van der Waals surface area contributed by atoms with Crippen LogP contribution in [0.3, 0.4) is 0 Å². The van der Waals surface area contributed by atoms with Gasteiger partial charge in [0.15, 0.2) is 5.96 Å². The monoisotopic (exact) mass is 477 g/mol. The van der Waals surface area contributed by atoms with Crippen LogP contribution >= 0.6 is 24.0 Å². The van der Waals surface area contributed by atoms with Crippen molar-refractivity contribution in [3.63, 3.8) is 0 Å². The Kier molecular flexibility index (Phi) is 6.76. The van der Waals surface area contributed by atoms with E-state index in [9.17, 15) is 0 Å². The summed E-state index contributed by atoms with van der Waals surface area (Å²) in [7, 11) is 0. The highest BCUT2D eigenvalue weighted by atomic mass is 127. The highest BCUT2D eigenvalue weighted by molar-refractivity contribution is 14.0. The maximum atomic E-state index is 6.09. The van der Waals surface area contributed by atoms with E-state index in [1.54, 1.807) is 0 Å². The van der Waals surface area contributed by atoms with Crippen LogP contribution in [0.1, 0.15) is 52.9 Å². The third-order valence-electron chi connectivity index (χ3n) is 6.70. The largest absolute Gasteiger partial charge is 0.378 e. The third-order valence-corrected chi connectivity index (χ3v) is 6.70. The molecule has 1 N–H and O–H groups in total. The molecule has 150 valence electrons. The molecule has 3 atom stereocenters. The Balaban J connectivity index is 0.00000196. The van der Waals surface area contributed by atoms with Gasteiger partial charge in [-0.05, 0) is 44.9 Å². The van der Waals surface area contributed by atoms with Gasteiger partial charge in [-0.2, -0.15) is 0 Å². The zero-order valence-corrected chi connectivity index (χ0v) is 18.9. The molecule has 2 heterocycles. The van der Waals surface area contributed by atoms with E-state index in [0.717, 1.165) is 57.6 Å². The van der Waals surface area contributed by atoms with Crippen molar-refractivity contribution >= 4 is 29.9 Å². The number of fused-ring (bicyclic) bond motifs is 1. The number of nitrogens with zero attached hydrogens (tertiary/aromatic N) is 2. The fourth-order valence-electron chi connectivity index (χ4n) is 4.93. The average molecular weight is 477 g/mol. The SMILES string of the molecule is CCN=C(NC1C2CCOC2C1(C)C)N1CCC(OCC2CC2)CC1.I. The minimum Gasteiger partial charge on any atom is -0.378 e. The molecule has 4 fully saturated rings. The number of likely N-dealkylation sites (tertiary alicyclic amines) is 1. The highest BCUT2D eigenvalue weighted by Gasteiger charge is 2.59. The quantitative estimate of drug-likeness (QED) is 0.375. The van der Waals surface area contributed by atoms with Crippen molar-refractivity contribution in [1.82, 2.24) is 10.2 Å². The normalized spacial score (nSPS) is 34.0. The van der Waals surface area contributed by atoms with E-state index in [1.807, 2.05) is 0 Å². The average Bonchev–Trinajstić information content (AvgIpc) is 3.33. The Morgan fingerprint density at radius 1 is 1.19 bits per heavy atom. The summed E-state index contributed by atoms with van der Waals surface area (Å²) in [5.74, 6) is 2.61. The van der Waals surface area contributed by atoms with Gasteiger partial charge >= 0.3 is 0 Å². The van der Waals surface area contributed by atoms with E-state index < -0.39 is 0 Å². The number of guanidine groups is 1. The summed E-state index contributed by atoms with van der Waals surface area (Å²) in [6, 6.07) is 0.481. The minimum atomic E-state index is 0. The molecule has 2 saturated heterocycles. The van der Waals surface area contributed by atoms with Crippen LogP contribution in [0.5, 0.6) is 0 Å². The van der Waals surface area contributed by atoms with Gasteiger partial charge in [-0.1, -0.05) is 13.8 Å². The van der Waals surface area contributed by atoms with Crippen molar-refractivity contribution < 1.29 is 9.47 Å². The summed E-state index contributed by atoms with van der Waals surface area (Å²) in [5.41, 5.74) is 0.196. The van der Waals surface area contributed by atoms with Gasteiger partial charge in [0.2, 0.25) is 0 Å². The van der Waals surface area contributed by atoms with E-state index in [-0.39, 0.29) is 29.4 Å². The maximum Gasteiger partial charge on any atom is 0.194 e. The first-order valence-corrected chi connectivity index (χ1v) is 10.4. The molecule has 0 aromatic heterocycles. The van der Waals surface area contributed by atoms with Crippen LogP contribution in [0.2, 0.25) is 0 Å². The number of rotatable bonds is 5. The first-order chi connectivity index (χ1) is 12.1. The molecule has 0 amide bonds. The summed E-state index contributed by atoms with van der Waals surface area (Å²) in [4.78, 5) is 7.25. The topological polar surface area (TPSA) is 46.1 Å². The zero-order chi connectivity index (χ0) is 17.4. The lowest BCUT2D eigenvalue weighted by Gasteiger charge is -2.55. The molecule has 3 unspecified atom stereocenters. The van der Waals surface area contributed by atoms with Gasteiger partial charge in [-0.25, -0.2) is 0 Å². The molecule has 26 heavy (non-hydrogen) atoms. The molecule has 4 rings (SSSR count). The van der Waals surface area contributed by atoms with Crippen LogP contribution in [0, 0.1) is 17.3 Å². The maximum absolute atomic E-state index is 6.09. The van der Waals surface area contributed by atoms with Crippen molar-refractivity contribution in [2.45, 2.75) is 71.1 Å². The standard InChI is InChI=1S/C20H35N3O2.HI/c1-4-21-19(22-17-16-9-12-24-18(16)20(17,2)3)23-10-7-15(8-11-23)25-13-14-5-6-14;/h14-18H,4-13H2,1-3H3,(H,21,22);1H. The Morgan fingerprint density at radius 2 is 1.92 bits per heavy atom. The number of ether oxygens (including phenoxy) is 2. The van der Waals surface area contributed by atoms with Crippen LogP contribution in [0.15, 0.2) is 4.99 Å². The highest BCUT2D eigenvalue weighted by Crippen LogP contribution is 2.52. The Hall–Kier alpha value is -0.0800. The number of nitrogens with one attached hydrogen (secondary N) is 1. The van der Waals surface area contributed by atoms with E-state index in [0.29, 0.717) is 24.2 Å².